The number of benzene rings is 2. The molecule has 1 N–H and O–H groups in total. The normalized spacial score (nSPS) is 16.9. The Balaban J connectivity index is 1.84. The predicted molar refractivity (Wildman–Crippen MR) is 89.5 cm³/mol. The number of hydrogen-bond donors (Lipinski definition) is 1. The molecule has 1 fully saturated rings. The van der Waals surface area contributed by atoms with Gasteiger partial charge in [0.2, 0.25) is 0 Å². The van der Waals surface area contributed by atoms with Crippen molar-refractivity contribution in [2.45, 2.75) is 12.5 Å². The van der Waals surface area contributed by atoms with Gasteiger partial charge in [0, 0.05) is 12.5 Å². The second kappa shape index (κ2) is 6.62. The number of rotatable bonds is 5. The minimum absolute atomic E-state index is 0.281. The van der Waals surface area contributed by atoms with E-state index >= 15 is 0 Å². The van der Waals surface area contributed by atoms with Crippen molar-refractivity contribution in [2.75, 3.05) is 19.1 Å². The number of imide groups is 1. The topological polar surface area (TPSA) is 67.9 Å². The first-order valence-corrected chi connectivity index (χ1v) is 7.54. The highest BCUT2D eigenvalue weighted by molar-refractivity contribution is 6.21. The zero-order valence-corrected chi connectivity index (χ0v) is 13.5. The highest BCUT2D eigenvalue weighted by atomic mass is 16.5. The smallest absolute Gasteiger partial charge is 0.329 e. The summed E-state index contributed by atoms with van der Waals surface area (Å²) in [6.45, 7) is 0. The summed E-state index contributed by atoms with van der Waals surface area (Å²) in [5.41, 5.74) is 1.44. The van der Waals surface area contributed by atoms with Gasteiger partial charge >= 0.3 is 6.03 Å². The van der Waals surface area contributed by atoms with Crippen molar-refractivity contribution in [1.82, 2.24) is 5.32 Å². The van der Waals surface area contributed by atoms with Crippen LogP contribution >= 0.6 is 0 Å². The molecule has 2 aromatic carbocycles. The number of nitrogens with one attached hydrogen (secondary N) is 1. The lowest BCUT2D eigenvalue weighted by atomic mass is 10.1. The van der Waals surface area contributed by atoms with Gasteiger partial charge in [-0.2, -0.15) is 0 Å². The fourth-order valence-electron chi connectivity index (χ4n) is 2.73. The third-order valence-corrected chi connectivity index (χ3v) is 3.93. The second-order valence-corrected chi connectivity index (χ2v) is 5.40. The molecule has 6 nitrogen and oxygen atoms in total. The highest BCUT2D eigenvalue weighted by Gasteiger charge is 2.39. The van der Waals surface area contributed by atoms with E-state index in [9.17, 15) is 9.59 Å². The number of hydrogen-bond acceptors (Lipinski definition) is 4. The van der Waals surface area contributed by atoms with E-state index in [2.05, 4.69) is 5.32 Å². The molecule has 0 bridgehead atoms. The summed E-state index contributed by atoms with van der Waals surface area (Å²) in [6, 6.07) is 13.5. The van der Waals surface area contributed by atoms with Crippen LogP contribution in [0.25, 0.3) is 0 Å². The van der Waals surface area contributed by atoms with Crippen LogP contribution in [-0.4, -0.2) is 32.2 Å². The minimum Gasteiger partial charge on any atom is -0.493 e. The highest BCUT2D eigenvalue weighted by Crippen LogP contribution is 2.32. The number of urea groups is 1. The molecular formula is C18H18N2O4. The van der Waals surface area contributed by atoms with Crippen molar-refractivity contribution in [3.8, 4) is 11.5 Å². The van der Waals surface area contributed by atoms with E-state index in [1.807, 2.05) is 30.3 Å². The first-order chi connectivity index (χ1) is 11.6. The lowest BCUT2D eigenvalue weighted by Crippen LogP contribution is -2.32. The quantitative estimate of drug-likeness (QED) is 0.857. The molecule has 1 heterocycles. The molecule has 1 saturated heterocycles. The van der Waals surface area contributed by atoms with E-state index in [4.69, 9.17) is 9.47 Å². The van der Waals surface area contributed by atoms with Crippen LogP contribution in [0.5, 0.6) is 11.5 Å². The number of carbonyl (C=O) groups is 2. The summed E-state index contributed by atoms with van der Waals surface area (Å²) < 4.78 is 10.4. The van der Waals surface area contributed by atoms with Crippen molar-refractivity contribution in [3.05, 3.63) is 54.1 Å². The lowest BCUT2D eigenvalue weighted by molar-refractivity contribution is -0.118. The molecule has 0 spiro atoms. The van der Waals surface area contributed by atoms with Gasteiger partial charge in [-0.25, -0.2) is 9.69 Å². The molecule has 1 atom stereocenters. The number of carbonyl (C=O) groups excluding carboxylic acids is 2. The zero-order chi connectivity index (χ0) is 17.1. The van der Waals surface area contributed by atoms with Crippen LogP contribution in [0.3, 0.4) is 0 Å². The number of anilines is 1. The largest absolute Gasteiger partial charge is 0.493 e. The minimum atomic E-state index is -0.576. The lowest BCUT2D eigenvalue weighted by Gasteiger charge is -2.15. The van der Waals surface area contributed by atoms with E-state index < -0.39 is 12.1 Å². The van der Waals surface area contributed by atoms with Gasteiger partial charge in [-0.05, 0) is 17.7 Å². The fraction of sp³-hybridized carbons (Fsp3) is 0.222. The van der Waals surface area contributed by atoms with Gasteiger partial charge in [0.25, 0.3) is 5.91 Å². The molecule has 0 saturated carbocycles. The van der Waals surface area contributed by atoms with Crippen molar-refractivity contribution in [3.63, 3.8) is 0 Å². The van der Waals surface area contributed by atoms with Crippen molar-refractivity contribution < 1.29 is 19.1 Å². The van der Waals surface area contributed by atoms with Gasteiger partial charge < -0.3 is 14.8 Å². The van der Waals surface area contributed by atoms with Gasteiger partial charge in [-0.1, -0.05) is 30.3 Å². The van der Waals surface area contributed by atoms with Crippen molar-refractivity contribution in [2.24, 2.45) is 0 Å². The van der Waals surface area contributed by atoms with Crippen LogP contribution in [0.4, 0.5) is 10.5 Å². The molecule has 24 heavy (non-hydrogen) atoms. The van der Waals surface area contributed by atoms with Crippen LogP contribution in [-0.2, 0) is 11.2 Å². The standard InChI is InChI=1S/C18H18N2O4/c1-23-15-9-8-13(11-16(15)24-2)20-17(21)14(19-18(20)22)10-12-6-4-3-5-7-12/h3-9,11,14H,10H2,1-2H3,(H,19,22)/t14-/m1/s1. The molecule has 124 valence electrons. The van der Waals surface area contributed by atoms with E-state index in [1.165, 1.54) is 14.2 Å². The Bertz CT molecular complexity index is 761. The molecule has 0 unspecified atom stereocenters. The Labute approximate surface area is 140 Å². The molecule has 6 heteroatoms. The van der Waals surface area contributed by atoms with Crippen LogP contribution in [0, 0.1) is 0 Å². The number of ether oxygens (including phenoxy) is 2. The van der Waals surface area contributed by atoms with Gasteiger partial charge in [0.05, 0.1) is 19.9 Å². The first-order valence-electron chi connectivity index (χ1n) is 7.54. The van der Waals surface area contributed by atoms with Gasteiger partial charge in [0.1, 0.15) is 6.04 Å². The summed E-state index contributed by atoms with van der Waals surface area (Å²) in [4.78, 5) is 26.0. The van der Waals surface area contributed by atoms with E-state index in [1.54, 1.807) is 18.2 Å². The molecule has 0 radical (unpaired) electrons. The molecule has 3 rings (SSSR count). The Kier molecular flexibility index (Phi) is 4.37. The number of amides is 3. The third-order valence-electron chi connectivity index (χ3n) is 3.93. The Morgan fingerprint density at radius 3 is 2.38 bits per heavy atom. The van der Waals surface area contributed by atoms with E-state index in [-0.39, 0.29) is 5.91 Å². The molecule has 1 aliphatic rings. The molecule has 1 aliphatic heterocycles. The van der Waals surface area contributed by atoms with Crippen LogP contribution < -0.4 is 19.7 Å². The maximum Gasteiger partial charge on any atom is 0.329 e. The van der Waals surface area contributed by atoms with E-state index in [0.717, 1.165) is 10.5 Å². The number of methoxy groups -OCH3 is 2. The number of nitrogens with zero attached hydrogens (tertiary/aromatic N) is 1. The fourth-order valence-corrected chi connectivity index (χ4v) is 2.73. The molecule has 3 amide bonds. The van der Waals surface area contributed by atoms with Gasteiger partial charge in [-0.15, -0.1) is 0 Å². The summed E-state index contributed by atoms with van der Waals surface area (Å²) in [6.07, 6.45) is 0.454. The van der Waals surface area contributed by atoms with Crippen LogP contribution in [0.15, 0.2) is 48.5 Å². The third kappa shape index (κ3) is 2.90. The van der Waals surface area contributed by atoms with Gasteiger partial charge in [0.15, 0.2) is 11.5 Å². The first kappa shape index (κ1) is 15.9. The van der Waals surface area contributed by atoms with Crippen molar-refractivity contribution >= 4 is 17.6 Å². The molecule has 0 aromatic heterocycles. The zero-order valence-electron chi connectivity index (χ0n) is 13.5. The maximum absolute atomic E-state index is 12.6. The summed E-state index contributed by atoms with van der Waals surface area (Å²) in [5, 5.41) is 2.73. The molecule has 0 aliphatic carbocycles. The monoisotopic (exact) mass is 326 g/mol. The van der Waals surface area contributed by atoms with Crippen LogP contribution in [0.2, 0.25) is 0 Å². The Morgan fingerprint density at radius 1 is 1.00 bits per heavy atom. The Hall–Kier alpha value is -3.02. The molecule has 2 aromatic rings. The SMILES string of the molecule is COc1ccc(N2C(=O)N[C@H](Cc3ccccc3)C2=O)cc1OC. The average Bonchev–Trinajstić information content (AvgIpc) is 2.89. The Morgan fingerprint density at radius 2 is 1.71 bits per heavy atom. The van der Waals surface area contributed by atoms with Crippen LogP contribution in [0.1, 0.15) is 5.56 Å². The predicted octanol–water partition coefficient (Wildman–Crippen LogP) is 2.37. The maximum atomic E-state index is 12.6. The summed E-state index contributed by atoms with van der Waals surface area (Å²) >= 11 is 0. The summed E-state index contributed by atoms with van der Waals surface area (Å²) in [7, 11) is 3.03. The molecular weight excluding hydrogens is 308 g/mol. The van der Waals surface area contributed by atoms with E-state index in [0.29, 0.717) is 23.6 Å². The second-order valence-electron chi connectivity index (χ2n) is 5.40. The summed E-state index contributed by atoms with van der Waals surface area (Å²) in [5.74, 6) is 0.715. The van der Waals surface area contributed by atoms with Gasteiger partial charge in [-0.3, -0.25) is 4.79 Å². The van der Waals surface area contributed by atoms with Crippen molar-refractivity contribution in [1.29, 1.82) is 0 Å². The average molecular weight is 326 g/mol.